The molecule has 0 radical (unpaired) electrons. The average Bonchev–Trinajstić information content (AvgIpc) is 3.24. The Kier molecular flexibility index (Phi) is 4.53. The van der Waals surface area contributed by atoms with Crippen LogP contribution in [0.3, 0.4) is 0 Å². The molecule has 3 rings (SSSR count). The van der Waals surface area contributed by atoms with Gasteiger partial charge in [0.25, 0.3) is 0 Å². The van der Waals surface area contributed by atoms with Gasteiger partial charge in [-0.05, 0) is 43.5 Å². The lowest BCUT2D eigenvalue weighted by molar-refractivity contribution is -0.125. The van der Waals surface area contributed by atoms with Gasteiger partial charge in [0.1, 0.15) is 0 Å². The molecule has 0 fully saturated rings. The second-order valence-corrected chi connectivity index (χ2v) is 6.44. The van der Waals surface area contributed by atoms with Crippen LogP contribution < -0.4 is 5.32 Å². The first-order chi connectivity index (χ1) is 10.7. The van der Waals surface area contributed by atoms with Crippen LogP contribution in [0, 0.1) is 5.92 Å². The van der Waals surface area contributed by atoms with Crippen molar-refractivity contribution >= 4 is 23.0 Å². The Morgan fingerprint density at radius 2 is 2.18 bits per heavy atom. The van der Waals surface area contributed by atoms with E-state index in [-0.39, 0.29) is 17.6 Å². The predicted molar refractivity (Wildman–Crippen MR) is 84.8 cm³/mol. The Morgan fingerprint density at radius 1 is 1.27 bits per heavy atom. The molecule has 0 unspecified atom stereocenters. The van der Waals surface area contributed by atoms with E-state index in [2.05, 4.69) is 17.5 Å². The van der Waals surface area contributed by atoms with Gasteiger partial charge in [-0.15, -0.1) is 11.3 Å². The average molecular weight is 315 g/mol. The fourth-order valence-electron chi connectivity index (χ4n) is 2.47. The maximum absolute atomic E-state index is 12.1. The van der Waals surface area contributed by atoms with Gasteiger partial charge in [-0.25, -0.2) is 0 Å². The molecule has 5 heteroatoms. The standard InChI is InChI=1S/C17H17NO3S/c19-16(14-7-4-10-21-14)15-9-8-13(22-15)11-18-17(20)12-5-2-1-3-6-12/h1-2,4,7-10,12H,3,5-6,11H2,(H,18,20)/t12-/m1/s1. The summed E-state index contributed by atoms with van der Waals surface area (Å²) in [5, 5.41) is 2.96. The zero-order valence-corrected chi connectivity index (χ0v) is 12.9. The van der Waals surface area contributed by atoms with Gasteiger partial charge in [0.15, 0.2) is 5.76 Å². The summed E-state index contributed by atoms with van der Waals surface area (Å²) in [6, 6.07) is 7.00. The second kappa shape index (κ2) is 6.75. The Hall–Kier alpha value is -2.14. The van der Waals surface area contributed by atoms with E-state index in [1.54, 1.807) is 18.2 Å². The van der Waals surface area contributed by atoms with Crippen molar-refractivity contribution in [3.05, 3.63) is 58.2 Å². The summed E-state index contributed by atoms with van der Waals surface area (Å²) in [4.78, 5) is 25.8. The van der Waals surface area contributed by atoms with Gasteiger partial charge in [0.2, 0.25) is 11.7 Å². The largest absolute Gasteiger partial charge is 0.461 e. The molecule has 1 atom stereocenters. The van der Waals surface area contributed by atoms with Crippen LogP contribution in [0.2, 0.25) is 0 Å². The van der Waals surface area contributed by atoms with Crippen LogP contribution in [0.25, 0.3) is 0 Å². The monoisotopic (exact) mass is 315 g/mol. The van der Waals surface area contributed by atoms with Gasteiger partial charge in [0.05, 0.1) is 17.7 Å². The third-order valence-corrected chi connectivity index (χ3v) is 4.79. The quantitative estimate of drug-likeness (QED) is 0.678. The van der Waals surface area contributed by atoms with Crippen molar-refractivity contribution < 1.29 is 14.0 Å². The van der Waals surface area contributed by atoms with Crippen molar-refractivity contribution in [2.45, 2.75) is 25.8 Å². The highest BCUT2D eigenvalue weighted by Crippen LogP contribution is 2.21. The molecule has 4 nitrogen and oxygen atoms in total. The van der Waals surface area contributed by atoms with Gasteiger partial charge < -0.3 is 9.73 Å². The number of ketones is 1. The van der Waals surface area contributed by atoms with Gasteiger partial charge in [-0.1, -0.05) is 12.2 Å². The van der Waals surface area contributed by atoms with Gasteiger partial charge in [0, 0.05) is 10.8 Å². The van der Waals surface area contributed by atoms with Gasteiger partial charge in [-0.3, -0.25) is 9.59 Å². The van der Waals surface area contributed by atoms with Crippen molar-refractivity contribution in [1.82, 2.24) is 5.32 Å². The summed E-state index contributed by atoms with van der Waals surface area (Å²) >= 11 is 1.39. The van der Waals surface area contributed by atoms with Crippen molar-refractivity contribution in [2.24, 2.45) is 5.92 Å². The topological polar surface area (TPSA) is 59.3 Å². The molecule has 1 aliphatic carbocycles. The molecule has 1 amide bonds. The van der Waals surface area contributed by atoms with E-state index in [1.165, 1.54) is 17.6 Å². The minimum absolute atomic E-state index is 0.0779. The lowest BCUT2D eigenvalue weighted by atomic mass is 9.94. The Morgan fingerprint density at radius 3 is 2.91 bits per heavy atom. The summed E-state index contributed by atoms with van der Waals surface area (Å²) in [5.74, 6) is 0.391. The number of hydrogen-bond acceptors (Lipinski definition) is 4. The van der Waals surface area contributed by atoms with Crippen molar-refractivity contribution in [1.29, 1.82) is 0 Å². The van der Waals surface area contributed by atoms with E-state index >= 15 is 0 Å². The minimum Gasteiger partial charge on any atom is -0.461 e. The highest BCUT2D eigenvalue weighted by molar-refractivity contribution is 7.14. The smallest absolute Gasteiger partial charge is 0.238 e. The highest BCUT2D eigenvalue weighted by Gasteiger charge is 2.19. The molecule has 2 heterocycles. The normalized spacial score (nSPS) is 17.4. The molecule has 2 aromatic rings. The summed E-state index contributed by atoms with van der Waals surface area (Å²) in [7, 11) is 0. The van der Waals surface area contributed by atoms with Crippen LogP contribution in [0.4, 0.5) is 0 Å². The SMILES string of the molecule is O=C(c1ccco1)c1ccc(CNC(=O)[C@@H]2CC=CCC2)s1. The number of hydrogen-bond donors (Lipinski definition) is 1. The fourth-order valence-corrected chi connectivity index (χ4v) is 3.37. The lowest BCUT2D eigenvalue weighted by Gasteiger charge is -2.16. The molecule has 0 aliphatic heterocycles. The van der Waals surface area contributed by atoms with Crippen LogP contribution in [-0.4, -0.2) is 11.7 Å². The number of thiophene rings is 1. The first-order valence-electron chi connectivity index (χ1n) is 7.33. The zero-order valence-electron chi connectivity index (χ0n) is 12.1. The second-order valence-electron chi connectivity index (χ2n) is 5.27. The molecule has 0 bridgehead atoms. The fraction of sp³-hybridized carbons (Fsp3) is 0.294. The Bertz CT molecular complexity index is 685. The number of nitrogens with one attached hydrogen (secondary N) is 1. The minimum atomic E-state index is -0.120. The van der Waals surface area contributed by atoms with Gasteiger partial charge >= 0.3 is 0 Å². The number of furan rings is 1. The summed E-state index contributed by atoms with van der Waals surface area (Å²) < 4.78 is 5.12. The van der Waals surface area contributed by atoms with Gasteiger partial charge in [-0.2, -0.15) is 0 Å². The van der Waals surface area contributed by atoms with Crippen molar-refractivity contribution in [3.8, 4) is 0 Å². The van der Waals surface area contributed by atoms with Crippen LogP contribution >= 0.6 is 11.3 Å². The van der Waals surface area contributed by atoms with E-state index in [0.717, 1.165) is 24.1 Å². The molecule has 114 valence electrons. The molecule has 0 saturated carbocycles. The first-order valence-corrected chi connectivity index (χ1v) is 8.15. The summed E-state index contributed by atoms with van der Waals surface area (Å²) in [6.07, 6.45) is 8.38. The number of carbonyl (C=O) groups is 2. The molecular weight excluding hydrogens is 298 g/mol. The summed E-state index contributed by atoms with van der Waals surface area (Å²) in [6.45, 7) is 0.467. The lowest BCUT2D eigenvalue weighted by Crippen LogP contribution is -2.30. The van der Waals surface area contributed by atoms with E-state index in [9.17, 15) is 9.59 Å². The number of amides is 1. The Balaban J connectivity index is 1.57. The molecule has 22 heavy (non-hydrogen) atoms. The van der Waals surface area contributed by atoms with Crippen molar-refractivity contribution in [3.63, 3.8) is 0 Å². The van der Waals surface area contributed by atoms with Crippen molar-refractivity contribution in [2.75, 3.05) is 0 Å². The molecule has 1 N–H and O–H groups in total. The molecule has 2 aromatic heterocycles. The number of rotatable bonds is 5. The maximum atomic E-state index is 12.1. The molecular formula is C17H17NO3S. The molecule has 1 aliphatic rings. The van der Waals surface area contributed by atoms with Crippen LogP contribution in [0.15, 0.2) is 47.1 Å². The van der Waals surface area contributed by atoms with E-state index in [0.29, 0.717) is 17.2 Å². The van der Waals surface area contributed by atoms with Crippen LogP contribution in [0.5, 0.6) is 0 Å². The first kappa shape index (κ1) is 14.8. The summed E-state index contributed by atoms with van der Waals surface area (Å²) in [5.41, 5.74) is 0. The van der Waals surface area contributed by atoms with E-state index in [4.69, 9.17) is 4.42 Å². The molecule has 0 saturated heterocycles. The van der Waals surface area contributed by atoms with Crippen LogP contribution in [0.1, 0.15) is 39.6 Å². The third-order valence-electron chi connectivity index (χ3n) is 3.71. The number of allylic oxidation sites excluding steroid dienone is 2. The number of carbonyl (C=O) groups excluding carboxylic acids is 2. The molecule has 0 aromatic carbocycles. The highest BCUT2D eigenvalue weighted by atomic mass is 32.1. The predicted octanol–water partition coefficient (Wildman–Crippen LogP) is 3.54. The Labute approximate surface area is 132 Å². The van der Waals surface area contributed by atoms with E-state index < -0.39 is 0 Å². The third kappa shape index (κ3) is 3.36. The van der Waals surface area contributed by atoms with Crippen LogP contribution in [-0.2, 0) is 11.3 Å². The maximum Gasteiger partial charge on any atom is 0.238 e. The zero-order chi connectivity index (χ0) is 15.4. The molecule has 0 spiro atoms. The van der Waals surface area contributed by atoms with E-state index in [1.807, 2.05) is 6.07 Å².